The number of halogens is 1. The van der Waals surface area contributed by atoms with Crippen molar-refractivity contribution in [2.24, 2.45) is 0 Å². The first-order chi connectivity index (χ1) is 12.1. The largest absolute Gasteiger partial charge is 0.496 e. The quantitative estimate of drug-likeness (QED) is 0.565. The molecule has 0 spiro atoms. The Hall–Kier alpha value is -3.08. The Kier molecular flexibility index (Phi) is 4.57. The maximum atomic E-state index is 15.3. The lowest BCUT2D eigenvalue weighted by Crippen LogP contribution is -2.11. The Morgan fingerprint density at radius 1 is 1.08 bits per heavy atom. The first-order valence-corrected chi connectivity index (χ1v) is 7.90. The van der Waals surface area contributed by atoms with Gasteiger partial charge in [0.1, 0.15) is 11.6 Å². The summed E-state index contributed by atoms with van der Waals surface area (Å²) in [5.41, 5.74) is 7.07. The fourth-order valence-corrected chi connectivity index (χ4v) is 2.95. The Balaban J connectivity index is 2.42. The van der Waals surface area contributed by atoms with Gasteiger partial charge in [-0.15, -0.1) is 0 Å². The molecular weight excluding hydrogens is 321 g/mol. The van der Waals surface area contributed by atoms with Crippen molar-refractivity contribution >= 4 is 22.4 Å². The van der Waals surface area contributed by atoms with E-state index >= 15 is 4.39 Å². The van der Waals surface area contributed by atoms with Crippen LogP contribution in [-0.4, -0.2) is 19.7 Å². The zero-order valence-electron chi connectivity index (χ0n) is 14.0. The van der Waals surface area contributed by atoms with Gasteiger partial charge in [-0.25, -0.2) is 9.18 Å². The number of nitrogen functional groups attached to an aromatic ring is 1. The van der Waals surface area contributed by atoms with Crippen LogP contribution in [0, 0.1) is 5.82 Å². The van der Waals surface area contributed by atoms with Crippen LogP contribution < -0.4 is 10.5 Å². The lowest BCUT2D eigenvalue weighted by molar-refractivity contribution is 0.0530. The van der Waals surface area contributed by atoms with Gasteiger partial charge in [0.25, 0.3) is 0 Å². The van der Waals surface area contributed by atoms with Gasteiger partial charge >= 0.3 is 5.97 Å². The molecular formula is C20H18FNO3. The second kappa shape index (κ2) is 6.81. The molecule has 0 amide bonds. The number of hydrogen-bond donors (Lipinski definition) is 1. The van der Waals surface area contributed by atoms with Gasteiger partial charge in [-0.3, -0.25) is 0 Å². The number of rotatable bonds is 4. The molecule has 0 aliphatic heterocycles. The predicted molar refractivity (Wildman–Crippen MR) is 96.3 cm³/mol. The first kappa shape index (κ1) is 16.8. The van der Waals surface area contributed by atoms with Crippen LogP contribution in [-0.2, 0) is 4.74 Å². The van der Waals surface area contributed by atoms with Crippen LogP contribution in [0.3, 0.4) is 0 Å². The smallest absolute Gasteiger partial charge is 0.340 e. The Morgan fingerprint density at radius 3 is 2.40 bits per heavy atom. The highest BCUT2D eigenvalue weighted by Crippen LogP contribution is 2.41. The van der Waals surface area contributed by atoms with Crippen LogP contribution in [0.15, 0.2) is 48.5 Å². The average molecular weight is 339 g/mol. The maximum Gasteiger partial charge on any atom is 0.340 e. The zero-order valence-corrected chi connectivity index (χ0v) is 14.0. The molecule has 3 aromatic carbocycles. The van der Waals surface area contributed by atoms with E-state index in [4.69, 9.17) is 15.2 Å². The maximum absolute atomic E-state index is 15.3. The lowest BCUT2D eigenvalue weighted by atomic mass is 9.93. The molecule has 0 fully saturated rings. The van der Waals surface area contributed by atoms with Gasteiger partial charge in [0.2, 0.25) is 0 Å². The number of methoxy groups -OCH3 is 1. The van der Waals surface area contributed by atoms with Crippen molar-refractivity contribution in [1.29, 1.82) is 0 Å². The van der Waals surface area contributed by atoms with E-state index < -0.39 is 11.8 Å². The summed E-state index contributed by atoms with van der Waals surface area (Å²) in [6.07, 6.45) is 0. The molecule has 2 N–H and O–H groups in total. The van der Waals surface area contributed by atoms with Crippen molar-refractivity contribution < 1.29 is 18.7 Å². The molecule has 0 saturated carbocycles. The molecule has 3 aromatic rings. The molecule has 0 atom stereocenters. The van der Waals surface area contributed by atoms with Crippen LogP contribution in [0.4, 0.5) is 10.1 Å². The third-order valence-corrected chi connectivity index (χ3v) is 4.05. The van der Waals surface area contributed by atoms with E-state index in [-0.39, 0.29) is 23.4 Å². The highest BCUT2D eigenvalue weighted by molar-refractivity contribution is 6.13. The SMILES string of the molecule is CCOC(=O)c1c(N)c(-c2ccccc2OC)c(F)c2ccccc12. The summed E-state index contributed by atoms with van der Waals surface area (Å²) in [6, 6.07) is 13.7. The Bertz CT molecular complexity index is 953. The average Bonchev–Trinajstić information content (AvgIpc) is 2.62. The minimum atomic E-state index is -0.577. The molecule has 25 heavy (non-hydrogen) atoms. The standard InChI is InChI=1S/C20H18FNO3/c1-3-25-20(23)17-12-8-4-5-9-13(12)18(21)16(19(17)22)14-10-6-7-11-15(14)24-2/h4-11H,3,22H2,1-2H3. The van der Waals surface area contributed by atoms with Crippen molar-refractivity contribution in [2.45, 2.75) is 6.92 Å². The van der Waals surface area contributed by atoms with E-state index in [9.17, 15) is 4.79 Å². The molecule has 5 heteroatoms. The normalized spacial score (nSPS) is 10.7. The van der Waals surface area contributed by atoms with E-state index in [1.165, 1.54) is 7.11 Å². The van der Waals surface area contributed by atoms with Crippen LogP contribution in [0.2, 0.25) is 0 Å². The summed E-state index contributed by atoms with van der Waals surface area (Å²) in [4.78, 5) is 12.5. The third-order valence-electron chi connectivity index (χ3n) is 4.05. The molecule has 0 aliphatic rings. The van der Waals surface area contributed by atoms with Gasteiger partial charge in [0.05, 0.1) is 25.0 Å². The van der Waals surface area contributed by atoms with Gasteiger partial charge in [-0.05, 0) is 13.0 Å². The summed E-state index contributed by atoms with van der Waals surface area (Å²) in [6.45, 7) is 1.91. The summed E-state index contributed by atoms with van der Waals surface area (Å²) in [5.74, 6) is -0.601. The number of ether oxygens (including phenoxy) is 2. The molecule has 0 radical (unpaired) electrons. The number of hydrogen-bond acceptors (Lipinski definition) is 4. The van der Waals surface area contributed by atoms with Gasteiger partial charge < -0.3 is 15.2 Å². The van der Waals surface area contributed by atoms with E-state index in [2.05, 4.69) is 0 Å². The number of fused-ring (bicyclic) bond motifs is 1. The molecule has 3 rings (SSSR count). The van der Waals surface area contributed by atoms with Crippen molar-refractivity contribution in [3.05, 3.63) is 59.9 Å². The van der Waals surface area contributed by atoms with Crippen LogP contribution in [0.5, 0.6) is 5.75 Å². The molecule has 128 valence electrons. The van der Waals surface area contributed by atoms with Crippen LogP contribution in [0.1, 0.15) is 17.3 Å². The van der Waals surface area contributed by atoms with Crippen molar-refractivity contribution in [3.8, 4) is 16.9 Å². The number of benzene rings is 3. The highest BCUT2D eigenvalue weighted by Gasteiger charge is 2.25. The highest BCUT2D eigenvalue weighted by atomic mass is 19.1. The second-order valence-electron chi connectivity index (χ2n) is 5.44. The summed E-state index contributed by atoms with van der Waals surface area (Å²) < 4.78 is 25.7. The predicted octanol–water partition coefficient (Wildman–Crippen LogP) is 4.41. The Labute approximate surface area is 145 Å². The fourth-order valence-electron chi connectivity index (χ4n) is 2.95. The molecule has 0 aromatic heterocycles. The van der Waals surface area contributed by atoms with E-state index in [1.807, 2.05) is 0 Å². The number of para-hydroxylation sites is 1. The molecule has 0 saturated heterocycles. The van der Waals surface area contributed by atoms with E-state index in [0.29, 0.717) is 22.1 Å². The van der Waals surface area contributed by atoms with E-state index in [0.717, 1.165) is 0 Å². The summed E-state index contributed by atoms with van der Waals surface area (Å²) >= 11 is 0. The number of esters is 1. The summed E-state index contributed by atoms with van der Waals surface area (Å²) in [5, 5.41) is 0.732. The minimum absolute atomic E-state index is 0.0409. The molecule has 0 heterocycles. The van der Waals surface area contributed by atoms with Gasteiger partial charge in [0, 0.05) is 21.9 Å². The van der Waals surface area contributed by atoms with Crippen LogP contribution >= 0.6 is 0 Å². The lowest BCUT2D eigenvalue weighted by Gasteiger charge is -2.17. The number of nitrogens with two attached hydrogens (primary N) is 1. The number of carbonyl (C=O) groups excluding carboxylic acids is 1. The monoisotopic (exact) mass is 339 g/mol. The topological polar surface area (TPSA) is 61.5 Å². The van der Waals surface area contributed by atoms with Crippen molar-refractivity contribution in [2.75, 3.05) is 19.5 Å². The number of carbonyl (C=O) groups is 1. The second-order valence-corrected chi connectivity index (χ2v) is 5.44. The fraction of sp³-hybridized carbons (Fsp3) is 0.150. The zero-order chi connectivity index (χ0) is 18.0. The summed E-state index contributed by atoms with van der Waals surface area (Å²) in [7, 11) is 1.50. The number of anilines is 1. The van der Waals surface area contributed by atoms with Gasteiger partial charge in [-0.2, -0.15) is 0 Å². The molecule has 0 bridgehead atoms. The molecule has 0 unspecified atom stereocenters. The first-order valence-electron chi connectivity index (χ1n) is 7.90. The minimum Gasteiger partial charge on any atom is -0.496 e. The Morgan fingerprint density at radius 2 is 1.72 bits per heavy atom. The van der Waals surface area contributed by atoms with Crippen molar-refractivity contribution in [1.82, 2.24) is 0 Å². The van der Waals surface area contributed by atoms with Gasteiger partial charge in [-0.1, -0.05) is 42.5 Å². The van der Waals surface area contributed by atoms with Gasteiger partial charge in [0.15, 0.2) is 0 Å². The van der Waals surface area contributed by atoms with E-state index in [1.54, 1.807) is 55.5 Å². The van der Waals surface area contributed by atoms with Crippen molar-refractivity contribution in [3.63, 3.8) is 0 Å². The van der Waals surface area contributed by atoms with Crippen LogP contribution in [0.25, 0.3) is 21.9 Å². The third kappa shape index (κ3) is 2.78. The molecule has 0 aliphatic carbocycles. The molecule has 4 nitrogen and oxygen atoms in total.